The Balaban J connectivity index is 1.58. The van der Waals surface area contributed by atoms with Gasteiger partial charge in [0.1, 0.15) is 6.04 Å². The number of carbonyl (C=O) groups is 1. The lowest BCUT2D eigenvalue weighted by atomic mass is 10.1. The number of rotatable bonds is 5. The number of H-pyrrole nitrogens is 1. The van der Waals surface area contributed by atoms with Crippen LogP contribution in [0.15, 0.2) is 53.2 Å². The normalized spacial score (nSPS) is 12.2. The summed E-state index contributed by atoms with van der Waals surface area (Å²) in [4.78, 5) is 19.8. The van der Waals surface area contributed by atoms with Crippen LogP contribution in [0.4, 0.5) is 0 Å². The number of aromatic nitrogens is 3. The first kappa shape index (κ1) is 18.5. The molecule has 0 spiro atoms. The molecule has 0 aliphatic carbocycles. The van der Waals surface area contributed by atoms with Gasteiger partial charge in [-0.15, -0.1) is 0 Å². The number of halogens is 2. The summed E-state index contributed by atoms with van der Waals surface area (Å²) >= 11 is 11.9. The number of nitrogens with zero attached hydrogens (tertiary/aromatic N) is 2. The van der Waals surface area contributed by atoms with Gasteiger partial charge in [0.25, 0.3) is 11.8 Å². The maximum Gasteiger partial charge on any atom is 0.251 e. The number of hydrogen-bond donors (Lipinski definition) is 3. The minimum Gasteiger partial charge on any atom is -0.394 e. The fourth-order valence-corrected chi connectivity index (χ4v) is 3.09. The first-order chi connectivity index (χ1) is 13.5. The molecule has 4 rings (SSSR count). The van der Waals surface area contributed by atoms with Crippen LogP contribution in [-0.4, -0.2) is 32.7 Å². The van der Waals surface area contributed by atoms with Gasteiger partial charge in [-0.05, 0) is 42.5 Å². The van der Waals surface area contributed by atoms with Crippen molar-refractivity contribution in [1.82, 2.24) is 20.4 Å². The SMILES string of the molecule is O=C(NC(CO)c1nc(-c2c[nH]c3ccc(Cl)cc23)no1)c1ccc(Cl)cc1. The third kappa shape index (κ3) is 3.60. The molecule has 3 N–H and O–H groups in total. The molecule has 28 heavy (non-hydrogen) atoms. The van der Waals surface area contributed by atoms with Crippen molar-refractivity contribution in [3.05, 3.63) is 70.2 Å². The number of carbonyl (C=O) groups excluding carboxylic acids is 1. The van der Waals surface area contributed by atoms with Crippen LogP contribution in [0.2, 0.25) is 10.0 Å². The molecule has 2 heterocycles. The van der Waals surface area contributed by atoms with Crippen LogP contribution in [0.1, 0.15) is 22.3 Å². The Kier molecular flexibility index (Phi) is 5.04. The summed E-state index contributed by atoms with van der Waals surface area (Å²) in [6, 6.07) is 11.0. The molecule has 4 aromatic rings. The minimum atomic E-state index is -0.849. The summed E-state index contributed by atoms with van der Waals surface area (Å²) in [6.07, 6.45) is 1.75. The lowest BCUT2D eigenvalue weighted by Gasteiger charge is -2.12. The summed E-state index contributed by atoms with van der Waals surface area (Å²) in [7, 11) is 0. The highest BCUT2D eigenvalue weighted by molar-refractivity contribution is 6.31. The van der Waals surface area contributed by atoms with E-state index in [0.717, 1.165) is 10.9 Å². The van der Waals surface area contributed by atoms with Gasteiger partial charge in [0.2, 0.25) is 5.82 Å². The van der Waals surface area contributed by atoms with Gasteiger partial charge in [0.05, 0.1) is 6.61 Å². The predicted octanol–water partition coefficient (Wildman–Crippen LogP) is 3.99. The van der Waals surface area contributed by atoms with Crippen LogP contribution < -0.4 is 5.32 Å². The Bertz CT molecular complexity index is 1140. The zero-order valence-corrected chi connectivity index (χ0v) is 15.8. The van der Waals surface area contributed by atoms with E-state index < -0.39 is 18.6 Å². The molecule has 0 aliphatic rings. The Labute approximate surface area is 169 Å². The second-order valence-corrected chi connectivity index (χ2v) is 6.94. The second kappa shape index (κ2) is 7.63. The fourth-order valence-electron chi connectivity index (χ4n) is 2.79. The number of fused-ring (bicyclic) bond motifs is 1. The molecule has 1 unspecified atom stereocenters. The molecule has 1 amide bonds. The number of aliphatic hydroxyl groups is 1. The molecule has 0 radical (unpaired) electrons. The van der Waals surface area contributed by atoms with E-state index in [1.807, 2.05) is 6.07 Å². The summed E-state index contributed by atoms with van der Waals surface area (Å²) in [5, 5.41) is 18.3. The van der Waals surface area contributed by atoms with Crippen molar-refractivity contribution in [3.63, 3.8) is 0 Å². The topological polar surface area (TPSA) is 104 Å². The molecule has 0 aliphatic heterocycles. The molecule has 0 saturated heterocycles. The van der Waals surface area contributed by atoms with Crippen LogP contribution >= 0.6 is 23.2 Å². The number of aliphatic hydroxyl groups excluding tert-OH is 1. The highest BCUT2D eigenvalue weighted by Gasteiger charge is 2.22. The fraction of sp³-hybridized carbons (Fsp3) is 0.105. The molecular weight excluding hydrogens is 403 g/mol. The molecule has 9 heteroatoms. The minimum absolute atomic E-state index is 0.0937. The van der Waals surface area contributed by atoms with Gasteiger partial charge in [-0.25, -0.2) is 0 Å². The van der Waals surface area contributed by atoms with Crippen molar-refractivity contribution in [2.45, 2.75) is 6.04 Å². The highest BCUT2D eigenvalue weighted by atomic mass is 35.5. The Morgan fingerprint density at radius 2 is 1.93 bits per heavy atom. The summed E-state index contributed by atoms with van der Waals surface area (Å²) < 4.78 is 5.27. The van der Waals surface area contributed by atoms with Crippen molar-refractivity contribution in [3.8, 4) is 11.4 Å². The van der Waals surface area contributed by atoms with Crippen molar-refractivity contribution in [1.29, 1.82) is 0 Å². The van der Waals surface area contributed by atoms with E-state index in [1.54, 1.807) is 42.6 Å². The van der Waals surface area contributed by atoms with Crippen LogP contribution in [0.5, 0.6) is 0 Å². The van der Waals surface area contributed by atoms with Crippen LogP contribution in [0.25, 0.3) is 22.3 Å². The van der Waals surface area contributed by atoms with Gasteiger partial charge in [-0.2, -0.15) is 4.98 Å². The number of aromatic amines is 1. The third-order valence-electron chi connectivity index (χ3n) is 4.22. The molecule has 142 valence electrons. The number of nitrogens with one attached hydrogen (secondary N) is 2. The second-order valence-electron chi connectivity index (χ2n) is 6.06. The number of amides is 1. The van der Waals surface area contributed by atoms with Gasteiger partial charge >= 0.3 is 0 Å². The van der Waals surface area contributed by atoms with Crippen molar-refractivity contribution >= 4 is 40.0 Å². The lowest BCUT2D eigenvalue weighted by Crippen LogP contribution is -2.31. The molecule has 0 saturated carbocycles. The average molecular weight is 417 g/mol. The van der Waals surface area contributed by atoms with Crippen molar-refractivity contribution in [2.75, 3.05) is 6.61 Å². The average Bonchev–Trinajstić information content (AvgIpc) is 3.33. The molecule has 0 bridgehead atoms. The van der Waals surface area contributed by atoms with E-state index in [-0.39, 0.29) is 5.89 Å². The lowest BCUT2D eigenvalue weighted by molar-refractivity contribution is 0.0901. The maximum absolute atomic E-state index is 12.4. The molecule has 2 aromatic heterocycles. The van der Waals surface area contributed by atoms with E-state index in [1.165, 1.54) is 0 Å². The highest BCUT2D eigenvalue weighted by Crippen LogP contribution is 2.29. The molecular formula is C19H14Cl2N4O3. The van der Waals surface area contributed by atoms with Crippen molar-refractivity contribution < 1.29 is 14.4 Å². The van der Waals surface area contributed by atoms with E-state index in [0.29, 0.717) is 27.0 Å². The van der Waals surface area contributed by atoms with E-state index in [4.69, 9.17) is 27.7 Å². The first-order valence-electron chi connectivity index (χ1n) is 8.33. The van der Waals surface area contributed by atoms with Gasteiger partial charge in [-0.1, -0.05) is 28.4 Å². The van der Waals surface area contributed by atoms with Crippen LogP contribution in [0.3, 0.4) is 0 Å². The van der Waals surface area contributed by atoms with Crippen LogP contribution in [0, 0.1) is 0 Å². The predicted molar refractivity (Wildman–Crippen MR) is 105 cm³/mol. The summed E-state index contributed by atoms with van der Waals surface area (Å²) in [5.41, 5.74) is 1.97. The molecule has 2 aromatic carbocycles. The van der Waals surface area contributed by atoms with E-state index in [2.05, 4.69) is 20.4 Å². The Morgan fingerprint density at radius 3 is 2.68 bits per heavy atom. The number of hydrogen-bond acceptors (Lipinski definition) is 5. The van der Waals surface area contributed by atoms with Gasteiger partial charge in [-0.3, -0.25) is 4.79 Å². The summed E-state index contributed by atoms with van der Waals surface area (Å²) in [6.45, 7) is -0.402. The largest absolute Gasteiger partial charge is 0.394 e. The number of benzene rings is 2. The smallest absolute Gasteiger partial charge is 0.251 e. The first-order valence-corrected chi connectivity index (χ1v) is 9.08. The molecule has 0 fully saturated rings. The standard InChI is InChI=1S/C19H14Cl2N4O3/c20-11-3-1-10(2-4-11)18(27)23-16(9-26)19-24-17(25-28-19)14-8-22-15-6-5-12(21)7-13(14)15/h1-8,16,22,26H,9H2,(H,23,27). The zero-order chi connectivity index (χ0) is 19.7. The summed E-state index contributed by atoms with van der Waals surface area (Å²) in [5.74, 6) is 0.0215. The van der Waals surface area contributed by atoms with Gasteiger partial charge < -0.3 is 19.9 Å². The Hall–Kier alpha value is -2.87. The zero-order valence-electron chi connectivity index (χ0n) is 14.3. The molecule has 7 nitrogen and oxygen atoms in total. The maximum atomic E-state index is 12.4. The van der Waals surface area contributed by atoms with E-state index in [9.17, 15) is 9.90 Å². The Morgan fingerprint density at radius 1 is 1.18 bits per heavy atom. The monoisotopic (exact) mass is 416 g/mol. The van der Waals surface area contributed by atoms with Crippen LogP contribution in [-0.2, 0) is 0 Å². The third-order valence-corrected chi connectivity index (χ3v) is 4.71. The van der Waals surface area contributed by atoms with Gasteiger partial charge in [0, 0.05) is 38.3 Å². The quantitative estimate of drug-likeness (QED) is 0.456. The van der Waals surface area contributed by atoms with Gasteiger partial charge in [0.15, 0.2) is 0 Å². The molecule has 1 atom stereocenters. The van der Waals surface area contributed by atoms with E-state index >= 15 is 0 Å². The van der Waals surface area contributed by atoms with Crippen molar-refractivity contribution in [2.24, 2.45) is 0 Å².